The molecular formula is C14H8Cl2INO3. The number of carboxylic acids is 1. The van der Waals surface area contributed by atoms with Crippen molar-refractivity contribution in [1.29, 1.82) is 0 Å². The Bertz CT molecular complexity index is 734. The lowest BCUT2D eigenvalue weighted by molar-refractivity contribution is 0.0697. The summed E-state index contributed by atoms with van der Waals surface area (Å²) in [5.41, 5.74) is 0.819. The van der Waals surface area contributed by atoms with Crippen LogP contribution in [0, 0.1) is 3.57 Å². The highest BCUT2D eigenvalue weighted by atomic mass is 127. The third-order valence-electron chi connectivity index (χ3n) is 2.63. The van der Waals surface area contributed by atoms with Crippen molar-refractivity contribution in [2.45, 2.75) is 0 Å². The summed E-state index contributed by atoms with van der Waals surface area (Å²) in [6, 6.07) is 9.19. The van der Waals surface area contributed by atoms with Crippen molar-refractivity contribution in [3.8, 4) is 0 Å². The number of anilines is 1. The van der Waals surface area contributed by atoms with E-state index in [1.807, 2.05) is 22.6 Å². The Morgan fingerprint density at radius 1 is 1.05 bits per heavy atom. The SMILES string of the molecule is O=C(O)c1ccc(NC(=O)c2cc(Cl)ccc2I)cc1Cl. The third-order valence-corrected chi connectivity index (χ3v) is 4.12. The highest BCUT2D eigenvalue weighted by Gasteiger charge is 2.13. The molecule has 0 aliphatic carbocycles. The Morgan fingerprint density at radius 2 is 1.76 bits per heavy atom. The van der Waals surface area contributed by atoms with Gasteiger partial charge in [-0.05, 0) is 59.0 Å². The van der Waals surface area contributed by atoms with Crippen molar-refractivity contribution in [3.05, 3.63) is 61.1 Å². The van der Waals surface area contributed by atoms with Crippen LogP contribution in [0.15, 0.2) is 36.4 Å². The third kappa shape index (κ3) is 3.87. The van der Waals surface area contributed by atoms with Crippen LogP contribution >= 0.6 is 45.8 Å². The van der Waals surface area contributed by atoms with E-state index in [4.69, 9.17) is 28.3 Å². The Hall–Kier alpha value is -1.31. The van der Waals surface area contributed by atoms with E-state index in [1.54, 1.807) is 18.2 Å². The molecule has 0 radical (unpaired) electrons. The molecule has 2 aromatic rings. The summed E-state index contributed by atoms with van der Waals surface area (Å²) in [4.78, 5) is 23.1. The summed E-state index contributed by atoms with van der Waals surface area (Å²) in [6.07, 6.45) is 0. The van der Waals surface area contributed by atoms with Crippen molar-refractivity contribution in [2.75, 3.05) is 5.32 Å². The monoisotopic (exact) mass is 435 g/mol. The lowest BCUT2D eigenvalue weighted by atomic mass is 10.2. The Labute approximate surface area is 144 Å². The second-order valence-electron chi connectivity index (χ2n) is 4.08. The number of carboxylic acid groups (broad SMARTS) is 1. The molecule has 7 heteroatoms. The van der Waals surface area contributed by atoms with Crippen LogP contribution in [0.5, 0.6) is 0 Å². The van der Waals surface area contributed by atoms with Gasteiger partial charge in [0.25, 0.3) is 5.91 Å². The van der Waals surface area contributed by atoms with Gasteiger partial charge in [0.15, 0.2) is 0 Å². The summed E-state index contributed by atoms with van der Waals surface area (Å²) in [7, 11) is 0. The van der Waals surface area contributed by atoms with Crippen LogP contribution in [0.4, 0.5) is 5.69 Å². The van der Waals surface area contributed by atoms with Gasteiger partial charge in [0.2, 0.25) is 0 Å². The van der Waals surface area contributed by atoms with Crippen LogP contribution in [-0.2, 0) is 0 Å². The van der Waals surface area contributed by atoms with Crippen molar-refractivity contribution in [2.24, 2.45) is 0 Å². The molecule has 0 saturated heterocycles. The zero-order valence-corrected chi connectivity index (χ0v) is 14.0. The molecule has 108 valence electrons. The molecule has 2 aromatic carbocycles. The van der Waals surface area contributed by atoms with E-state index in [-0.39, 0.29) is 16.5 Å². The van der Waals surface area contributed by atoms with Gasteiger partial charge < -0.3 is 10.4 Å². The Kier molecular flexibility index (Phi) is 5.08. The molecule has 0 aromatic heterocycles. The smallest absolute Gasteiger partial charge is 0.337 e. The molecule has 0 atom stereocenters. The number of amides is 1. The summed E-state index contributed by atoms with van der Waals surface area (Å²) in [5, 5.41) is 12.1. The standard InChI is InChI=1S/C14H8Cl2INO3/c15-7-1-4-12(17)10(5-7)13(19)18-8-2-3-9(14(20)21)11(16)6-8/h1-6H,(H,18,19)(H,20,21). The lowest BCUT2D eigenvalue weighted by Gasteiger charge is -2.08. The largest absolute Gasteiger partial charge is 0.478 e. The van der Waals surface area contributed by atoms with Crippen molar-refractivity contribution < 1.29 is 14.7 Å². The molecule has 0 aliphatic heterocycles. The van der Waals surface area contributed by atoms with E-state index in [9.17, 15) is 9.59 Å². The first-order chi connectivity index (χ1) is 9.88. The number of nitrogens with one attached hydrogen (secondary N) is 1. The van der Waals surface area contributed by atoms with Crippen LogP contribution in [0.2, 0.25) is 10.0 Å². The van der Waals surface area contributed by atoms with Gasteiger partial charge in [0, 0.05) is 14.3 Å². The zero-order valence-electron chi connectivity index (χ0n) is 10.4. The minimum atomic E-state index is -1.12. The molecule has 0 heterocycles. The number of aromatic carboxylic acids is 1. The molecule has 0 fully saturated rings. The summed E-state index contributed by atoms with van der Waals surface area (Å²) in [6.45, 7) is 0. The van der Waals surface area contributed by atoms with Crippen molar-refractivity contribution in [3.63, 3.8) is 0 Å². The van der Waals surface area contributed by atoms with Crippen LogP contribution in [-0.4, -0.2) is 17.0 Å². The zero-order chi connectivity index (χ0) is 15.6. The number of carbonyl (C=O) groups excluding carboxylic acids is 1. The first kappa shape index (κ1) is 16.1. The van der Waals surface area contributed by atoms with Crippen LogP contribution < -0.4 is 5.32 Å². The maximum atomic E-state index is 12.2. The minimum Gasteiger partial charge on any atom is -0.478 e. The van der Waals surface area contributed by atoms with Gasteiger partial charge in [-0.2, -0.15) is 0 Å². The molecule has 0 saturated carbocycles. The highest BCUT2D eigenvalue weighted by molar-refractivity contribution is 14.1. The number of hydrogen-bond acceptors (Lipinski definition) is 2. The predicted molar refractivity (Wildman–Crippen MR) is 90.5 cm³/mol. The molecule has 0 spiro atoms. The number of halogens is 3. The van der Waals surface area contributed by atoms with Gasteiger partial charge in [0.1, 0.15) is 0 Å². The van der Waals surface area contributed by atoms with E-state index in [0.29, 0.717) is 16.3 Å². The first-order valence-corrected chi connectivity index (χ1v) is 7.51. The lowest BCUT2D eigenvalue weighted by Crippen LogP contribution is -2.13. The topological polar surface area (TPSA) is 66.4 Å². The summed E-state index contributed by atoms with van der Waals surface area (Å²) < 4.78 is 0.753. The number of rotatable bonds is 3. The number of hydrogen-bond donors (Lipinski definition) is 2. The van der Waals surface area contributed by atoms with Gasteiger partial charge in [0.05, 0.1) is 16.1 Å². The Morgan fingerprint density at radius 3 is 2.38 bits per heavy atom. The minimum absolute atomic E-state index is 0.0213. The van der Waals surface area contributed by atoms with E-state index >= 15 is 0 Å². The maximum Gasteiger partial charge on any atom is 0.337 e. The van der Waals surface area contributed by atoms with E-state index in [2.05, 4.69) is 5.32 Å². The average Bonchev–Trinajstić information content (AvgIpc) is 2.41. The normalized spacial score (nSPS) is 10.2. The Balaban J connectivity index is 2.26. The predicted octanol–water partition coefficient (Wildman–Crippen LogP) is 4.55. The highest BCUT2D eigenvalue weighted by Crippen LogP contribution is 2.23. The van der Waals surface area contributed by atoms with Gasteiger partial charge in [-0.3, -0.25) is 4.79 Å². The second-order valence-corrected chi connectivity index (χ2v) is 6.08. The molecule has 2 rings (SSSR count). The molecule has 0 bridgehead atoms. The fourth-order valence-electron chi connectivity index (χ4n) is 1.64. The van der Waals surface area contributed by atoms with E-state index < -0.39 is 5.97 Å². The summed E-state index contributed by atoms with van der Waals surface area (Å²) in [5.74, 6) is -1.47. The molecule has 0 unspecified atom stereocenters. The molecule has 4 nitrogen and oxygen atoms in total. The molecule has 0 aliphatic rings. The molecule has 1 amide bonds. The van der Waals surface area contributed by atoms with Crippen molar-refractivity contribution >= 4 is 63.4 Å². The molecule has 21 heavy (non-hydrogen) atoms. The average molecular weight is 436 g/mol. The second kappa shape index (κ2) is 6.64. The molecule has 2 N–H and O–H groups in total. The van der Waals surface area contributed by atoms with Crippen LogP contribution in [0.3, 0.4) is 0 Å². The molecular weight excluding hydrogens is 428 g/mol. The van der Waals surface area contributed by atoms with Gasteiger partial charge in [-0.25, -0.2) is 4.79 Å². The first-order valence-electron chi connectivity index (χ1n) is 5.67. The summed E-state index contributed by atoms with van der Waals surface area (Å²) >= 11 is 13.8. The quantitative estimate of drug-likeness (QED) is 0.695. The van der Waals surface area contributed by atoms with E-state index in [1.165, 1.54) is 18.2 Å². The number of benzene rings is 2. The van der Waals surface area contributed by atoms with Gasteiger partial charge >= 0.3 is 5.97 Å². The van der Waals surface area contributed by atoms with Crippen LogP contribution in [0.25, 0.3) is 0 Å². The van der Waals surface area contributed by atoms with Gasteiger partial charge in [-0.1, -0.05) is 23.2 Å². The fourth-order valence-corrected chi connectivity index (χ4v) is 2.65. The number of carbonyl (C=O) groups is 2. The maximum absolute atomic E-state index is 12.2. The van der Waals surface area contributed by atoms with E-state index in [0.717, 1.165) is 3.57 Å². The van der Waals surface area contributed by atoms with Crippen molar-refractivity contribution in [1.82, 2.24) is 0 Å². The van der Waals surface area contributed by atoms with Crippen LogP contribution in [0.1, 0.15) is 20.7 Å². The van der Waals surface area contributed by atoms with Gasteiger partial charge in [-0.15, -0.1) is 0 Å². The fraction of sp³-hybridized carbons (Fsp3) is 0.